The highest BCUT2D eigenvalue weighted by Gasteiger charge is 2.13. The summed E-state index contributed by atoms with van der Waals surface area (Å²) in [5, 5.41) is 8.25. The van der Waals surface area contributed by atoms with Crippen molar-refractivity contribution in [3.05, 3.63) is 15.6 Å². The molecule has 0 amide bonds. The first kappa shape index (κ1) is 12.0. The van der Waals surface area contributed by atoms with Gasteiger partial charge in [0.2, 0.25) is 0 Å². The van der Waals surface area contributed by atoms with Crippen LogP contribution in [-0.4, -0.2) is 24.1 Å². The fraction of sp³-hybridized carbons (Fsp3) is 0.750. The van der Waals surface area contributed by atoms with Gasteiger partial charge in [-0.25, -0.2) is 4.98 Å². The van der Waals surface area contributed by atoms with Crippen molar-refractivity contribution >= 4 is 11.3 Å². The molecule has 0 saturated carbocycles. The normalized spacial score (nSPS) is 21.2. The van der Waals surface area contributed by atoms with Crippen molar-refractivity contribution < 1.29 is 0 Å². The van der Waals surface area contributed by atoms with Gasteiger partial charge in [-0.05, 0) is 32.7 Å². The van der Waals surface area contributed by atoms with Crippen LogP contribution in [0.5, 0.6) is 0 Å². The minimum atomic E-state index is 0.640. The van der Waals surface area contributed by atoms with Crippen LogP contribution in [0.15, 0.2) is 0 Å². The van der Waals surface area contributed by atoms with Crippen molar-refractivity contribution in [3.63, 3.8) is 0 Å². The van der Waals surface area contributed by atoms with Crippen LogP contribution >= 0.6 is 11.3 Å². The van der Waals surface area contributed by atoms with E-state index in [1.165, 1.54) is 35.0 Å². The molecule has 16 heavy (non-hydrogen) atoms. The number of hydrogen-bond acceptors (Lipinski definition) is 4. The van der Waals surface area contributed by atoms with Gasteiger partial charge in [0.05, 0.1) is 10.7 Å². The van der Waals surface area contributed by atoms with Crippen molar-refractivity contribution in [2.45, 2.75) is 45.7 Å². The number of thiazole rings is 1. The summed E-state index contributed by atoms with van der Waals surface area (Å²) < 4.78 is 0. The van der Waals surface area contributed by atoms with Gasteiger partial charge in [-0.2, -0.15) is 0 Å². The summed E-state index contributed by atoms with van der Waals surface area (Å²) in [5.41, 5.74) is 1.28. The number of nitrogens with one attached hydrogen (secondary N) is 2. The number of rotatable bonds is 4. The Hall–Kier alpha value is -0.450. The van der Waals surface area contributed by atoms with Gasteiger partial charge in [-0.1, -0.05) is 6.92 Å². The Labute approximate surface area is 102 Å². The van der Waals surface area contributed by atoms with Crippen LogP contribution < -0.4 is 10.6 Å². The van der Waals surface area contributed by atoms with E-state index in [-0.39, 0.29) is 0 Å². The van der Waals surface area contributed by atoms with E-state index in [2.05, 4.69) is 29.5 Å². The van der Waals surface area contributed by atoms with Gasteiger partial charge in [-0.3, -0.25) is 0 Å². The fourth-order valence-electron chi connectivity index (χ4n) is 2.19. The van der Waals surface area contributed by atoms with E-state index in [1.54, 1.807) is 0 Å². The molecule has 1 atom stereocenters. The Kier molecular flexibility index (Phi) is 4.32. The van der Waals surface area contributed by atoms with Crippen molar-refractivity contribution in [1.29, 1.82) is 0 Å². The highest BCUT2D eigenvalue weighted by Crippen LogP contribution is 2.18. The Morgan fingerprint density at radius 2 is 2.44 bits per heavy atom. The van der Waals surface area contributed by atoms with Gasteiger partial charge < -0.3 is 10.6 Å². The Bertz CT molecular complexity index is 329. The molecule has 0 bridgehead atoms. The van der Waals surface area contributed by atoms with E-state index in [4.69, 9.17) is 0 Å². The van der Waals surface area contributed by atoms with Gasteiger partial charge >= 0.3 is 0 Å². The zero-order valence-corrected chi connectivity index (χ0v) is 11.0. The second kappa shape index (κ2) is 5.75. The molecule has 1 saturated heterocycles. The summed E-state index contributed by atoms with van der Waals surface area (Å²) in [6.45, 7) is 7.55. The van der Waals surface area contributed by atoms with Crippen LogP contribution in [0.1, 0.15) is 35.3 Å². The maximum absolute atomic E-state index is 4.56. The molecule has 0 spiro atoms. The first-order chi connectivity index (χ1) is 7.79. The van der Waals surface area contributed by atoms with E-state index in [9.17, 15) is 0 Å². The Morgan fingerprint density at radius 1 is 1.56 bits per heavy atom. The molecule has 0 aliphatic carbocycles. The fourth-order valence-corrected chi connectivity index (χ4v) is 3.17. The highest BCUT2D eigenvalue weighted by molar-refractivity contribution is 7.11. The topological polar surface area (TPSA) is 37.0 Å². The largest absolute Gasteiger partial charge is 0.315 e. The number of piperidine rings is 1. The highest BCUT2D eigenvalue weighted by atomic mass is 32.1. The number of hydrogen-bond donors (Lipinski definition) is 2. The smallest absolute Gasteiger partial charge is 0.0900 e. The molecule has 1 aliphatic rings. The predicted octanol–water partition coefficient (Wildman–Crippen LogP) is 1.86. The number of aromatic nitrogens is 1. The van der Waals surface area contributed by atoms with E-state index in [0.29, 0.717) is 6.04 Å². The van der Waals surface area contributed by atoms with Crippen molar-refractivity contribution in [2.24, 2.45) is 0 Å². The number of nitrogens with zero attached hydrogens (tertiary/aromatic N) is 1. The van der Waals surface area contributed by atoms with Crippen molar-refractivity contribution in [1.82, 2.24) is 15.6 Å². The average molecular weight is 239 g/mol. The molecule has 2 N–H and O–H groups in total. The lowest BCUT2D eigenvalue weighted by atomic mass is 10.1. The van der Waals surface area contributed by atoms with Gasteiger partial charge in [0.1, 0.15) is 0 Å². The van der Waals surface area contributed by atoms with Crippen LogP contribution in [0.25, 0.3) is 0 Å². The number of aryl methyl sites for hydroxylation is 2. The monoisotopic (exact) mass is 239 g/mol. The maximum atomic E-state index is 4.56. The van der Waals surface area contributed by atoms with Crippen molar-refractivity contribution in [3.8, 4) is 0 Å². The third kappa shape index (κ3) is 3.03. The molecule has 3 nitrogen and oxygen atoms in total. The minimum absolute atomic E-state index is 0.640. The Balaban J connectivity index is 1.87. The van der Waals surface area contributed by atoms with Gasteiger partial charge in [0, 0.05) is 24.0 Å². The quantitative estimate of drug-likeness (QED) is 0.842. The van der Waals surface area contributed by atoms with Crippen LogP contribution in [0, 0.1) is 6.92 Å². The summed E-state index contributed by atoms with van der Waals surface area (Å²) in [5.74, 6) is 0. The first-order valence-corrected chi connectivity index (χ1v) is 7.00. The van der Waals surface area contributed by atoms with Crippen molar-refractivity contribution in [2.75, 3.05) is 13.1 Å². The molecular formula is C12H21N3S. The molecule has 1 aromatic rings. The zero-order valence-electron chi connectivity index (χ0n) is 10.2. The van der Waals surface area contributed by atoms with Gasteiger partial charge in [0.15, 0.2) is 0 Å². The molecule has 1 fully saturated rings. The second-order valence-electron chi connectivity index (χ2n) is 4.38. The SMILES string of the molecule is CCc1nc(C)sc1CN[C@@H]1CCCNC1. The van der Waals surface area contributed by atoms with E-state index in [0.717, 1.165) is 19.5 Å². The zero-order chi connectivity index (χ0) is 11.4. The molecule has 90 valence electrons. The summed E-state index contributed by atoms with van der Waals surface area (Å²) in [4.78, 5) is 5.98. The Morgan fingerprint density at radius 3 is 3.12 bits per heavy atom. The summed E-state index contributed by atoms with van der Waals surface area (Å²) in [7, 11) is 0. The molecule has 4 heteroatoms. The summed E-state index contributed by atoms with van der Waals surface area (Å²) in [6, 6.07) is 0.640. The maximum Gasteiger partial charge on any atom is 0.0900 e. The molecule has 1 aromatic heterocycles. The molecule has 0 unspecified atom stereocenters. The molecule has 0 radical (unpaired) electrons. The second-order valence-corrected chi connectivity index (χ2v) is 5.67. The molecule has 0 aromatic carbocycles. The predicted molar refractivity (Wildman–Crippen MR) is 69.0 cm³/mol. The summed E-state index contributed by atoms with van der Waals surface area (Å²) >= 11 is 1.83. The van der Waals surface area contributed by atoms with Crippen LogP contribution in [0.2, 0.25) is 0 Å². The lowest BCUT2D eigenvalue weighted by molar-refractivity contribution is 0.389. The molecule has 2 rings (SSSR count). The standard InChI is InChI=1S/C12H21N3S/c1-3-11-12(16-9(2)15-11)8-14-10-5-4-6-13-7-10/h10,13-14H,3-8H2,1-2H3/t10-/m1/s1. The van der Waals surface area contributed by atoms with E-state index < -0.39 is 0 Å². The van der Waals surface area contributed by atoms with Crippen LogP contribution in [-0.2, 0) is 13.0 Å². The molecule has 2 heterocycles. The van der Waals surface area contributed by atoms with Crippen LogP contribution in [0.3, 0.4) is 0 Å². The average Bonchev–Trinajstić information content (AvgIpc) is 2.68. The first-order valence-electron chi connectivity index (χ1n) is 6.19. The minimum Gasteiger partial charge on any atom is -0.315 e. The third-order valence-electron chi connectivity index (χ3n) is 3.07. The van der Waals surface area contributed by atoms with E-state index in [1.807, 2.05) is 11.3 Å². The summed E-state index contributed by atoms with van der Waals surface area (Å²) in [6.07, 6.45) is 3.64. The third-order valence-corrected chi connectivity index (χ3v) is 4.08. The van der Waals surface area contributed by atoms with E-state index >= 15 is 0 Å². The molecular weight excluding hydrogens is 218 g/mol. The lowest BCUT2D eigenvalue weighted by Gasteiger charge is -2.23. The molecule has 1 aliphatic heterocycles. The lowest BCUT2D eigenvalue weighted by Crippen LogP contribution is -2.42. The van der Waals surface area contributed by atoms with Gasteiger partial charge in [0.25, 0.3) is 0 Å². The van der Waals surface area contributed by atoms with Crippen LogP contribution in [0.4, 0.5) is 0 Å². The van der Waals surface area contributed by atoms with Gasteiger partial charge in [-0.15, -0.1) is 11.3 Å².